The first-order valence-corrected chi connectivity index (χ1v) is 10.5. The number of likely N-dealkylation sites (N-methyl/N-ethyl adjacent to an activating group) is 1. The molecule has 0 aromatic carbocycles. The highest BCUT2D eigenvalue weighted by molar-refractivity contribution is 5.93. The minimum absolute atomic E-state index is 0.517. The number of fused-ring (bicyclic) bond motifs is 2. The third-order valence-electron chi connectivity index (χ3n) is 5.82. The number of rotatable bonds is 4. The van der Waals surface area contributed by atoms with Crippen LogP contribution in [0.2, 0.25) is 0 Å². The zero-order chi connectivity index (χ0) is 21.5. The van der Waals surface area contributed by atoms with Crippen LogP contribution in [0.25, 0.3) is 27.9 Å². The van der Waals surface area contributed by atoms with Crippen LogP contribution in [0.3, 0.4) is 0 Å². The van der Waals surface area contributed by atoms with Crippen molar-refractivity contribution in [1.82, 2.24) is 39.2 Å². The Bertz CT molecular complexity index is 1380. The summed E-state index contributed by atoms with van der Waals surface area (Å²) in [5.41, 5.74) is 3.57. The lowest BCUT2D eigenvalue weighted by Gasteiger charge is -2.33. The molecule has 0 atom stereocenters. The molecule has 1 aliphatic rings. The average Bonchev–Trinajstić information content (AvgIpc) is 3.46. The molecule has 6 rings (SSSR count). The molecule has 6 heterocycles. The van der Waals surface area contributed by atoms with E-state index in [1.165, 1.54) is 0 Å². The summed E-state index contributed by atoms with van der Waals surface area (Å²) in [6, 6.07) is 4.05. The molecule has 0 radical (unpaired) electrons. The summed E-state index contributed by atoms with van der Waals surface area (Å²) < 4.78 is 1.89. The van der Waals surface area contributed by atoms with E-state index >= 15 is 0 Å². The van der Waals surface area contributed by atoms with Crippen LogP contribution < -0.4 is 10.2 Å². The van der Waals surface area contributed by atoms with Crippen LogP contribution in [0.5, 0.6) is 0 Å². The molecule has 160 valence electrons. The van der Waals surface area contributed by atoms with Crippen LogP contribution in [0, 0.1) is 0 Å². The molecular formula is C22H22N10. The van der Waals surface area contributed by atoms with Gasteiger partial charge in [0, 0.05) is 79.9 Å². The van der Waals surface area contributed by atoms with Gasteiger partial charge >= 0.3 is 0 Å². The molecule has 0 aliphatic carbocycles. The Morgan fingerprint density at radius 1 is 0.969 bits per heavy atom. The fourth-order valence-corrected chi connectivity index (χ4v) is 3.97. The van der Waals surface area contributed by atoms with Crippen LogP contribution in [0.1, 0.15) is 0 Å². The highest BCUT2D eigenvalue weighted by atomic mass is 15.3. The Kier molecular flexibility index (Phi) is 4.43. The maximum Gasteiger partial charge on any atom is 0.233 e. The summed E-state index contributed by atoms with van der Waals surface area (Å²) in [4.78, 5) is 30.2. The lowest BCUT2D eigenvalue weighted by Crippen LogP contribution is -2.44. The second-order valence-corrected chi connectivity index (χ2v) is 7.96. The number of nitrogens with one attached hydrogen (secondary N) is 2. The predicted molar refractivity (Wildman–Crippen MR) is 123 cm³/mol. The van der Waals surface area contributed by atoms with Crippen LogP contribution in [-0.4, -0.2) is 72.4 Å². The standard InChI is InChI=1S/C22H22N10/c1-30-6-8-31(9-7-30)19-3-2-16(11-24-19)28-21-26-13-18-17(12-25-20(18)29-21)15-10-27-22-23-4-5-32(22)14-15/h2-5,10-14H,6-9H2,1H3,(H2,25,26,28,29). The number of anilines is 3. The number of hydrogen-bond acceptors (Lipinski definition) is 8. The van der Waals surface area contributed by atoms with E-state index in [-0.39, 0.29) is 0 Å². The fraction of sp³-hybridized carbons (Fsp3) is 0.227. The van der Waals surface area contributed by atoms with Crippen molar-refractivity contribution in [3.05, 3.63) is 55.5 Å². The van der Waals surface area contributed by atoms with E-state index in [9.17, 15) is 0 Å². The number of nitrogens with zero attached hydrogens (tertiary/aromatic N) is 8. The van der Waals surface area contributed by atoms with Gasteiger partial charge in [0.1, 0.15) is 11.5 Å². The summed E-state index contributed by atoms with van der Waals surface area (Å²) in [6.07, 6.45) is 13.0. The largest absolute Gasteiger partial charge is 0.354 e. The predicted octanol–water partition coefficient (Wildman–Crippen LogP) is 2.56. The smallest absolute Gasteiger partial charge is 0.233 e. The molecule has 5 aromatic heterocycles. The van der Waals surface area contributed by atoms with Gasteiger partial charge in [0.05, 0.1) is 11.9 Å². The van der Waals surface area contributed by atoms with E-state index in [0.717, 1.165) is 59.8 Å². The number of aromatic amines is 1. The van der Waals surface area contributed by atoms with Crippen molar-refractivity contribution in [1.29, 1.82) is 0 Å². The summed E-state index contributed by atoms with van der Waals surface area (Å²) >= 11 is 0. The number of pyridine rings is 1. The van der Waals surface area contributed by atoms with Crippen molar-refractivity contribution in [2.24, 2.45) is 0 Å². The summed E-state index contributed by atoms with van der Waals surface area (Å²) in [7, 11) is 2.15. The van der Waals surface area contributed by atoms with Crippen LogP contribution in [-0.2, 0) is 0 Å². The number of hydrogen-bond donors (Lipinski definition) is 2. The number of aromatic nitrogens is 7. The second-order valence-electron chi connectivity index (χ2n) is 7.96. The Hall–Kier alpha value is -4.05. The maximum absolute atomic E-state index is 4.63. The zero-order valence-corrected chi connectivity index (χ0v) is 17.6. The van der Waals surface area contributed by atoms with Crippen molar-refractivity contribution < 1.29 is 0 Å². The summed E-state index contributed by atoms with van der Waals surface area (Å²) in [6.45, 7) is 4.10. The SMILES string of the molecule is CN1CCN(c2ccc(Nc3ncc4c(-c5cnc6nccn6c5)c[nH]c4n3)cn2)CC1. The summed E-state index contributed by atoms with van der Waals surface area (Å²) in [5.74, 6) is 2.18. The quantitative estimate of drug-likeness (QED) is 0.452. The molecule has 5 aromatic rings. The summed E-state index contributed by atoms with van der Waals surface area (Å²) in [5, 5.41) is 4.18. The normalized spacial score (nSPS) is 15.0. The van der Waals surface area contributed by atoms with Gasteiger partial charge in [0.25, 0.3) is 0 Å². The van der Waals surface area contributed by atoms with Crippen molar-refractivity contribution >= 4 is 34.3 Å². The molecule has 10 heteroatoms. The molecule has 0 unspecified atom stereocenters. The molecule has 1 fully saturated rings. The van der Waals surface area contributed by atoms with Crippen molar-refractivity contribution in [2.45, 2.75) is 0 Å². The van der Waals surface area contributed by atoms with E-state index < -0.39 is 0 Å². The lowest BCUT2D eigenvalue weighted by molar-refractivity contribution is 0.312. The molecule has 1 saturated heterocycles. The first-order valence-electron chi connectivity index (χ1n) is 10.5. The van der Waals surface area contributed by atoms with Crippen molar-refractivity contribution in [3.63, 3.8) is 0 Å². The average molecular weight is 426 g/mol. The zero-order valence-electron chi connectivity index (χ0n) is 17.6. The monoisotopic (exact) mass is 426 g/mol. The van der Waals surface area contributed by atoms with E-state index in [1.807, 2.05) is 53.7 Å². The topological polar surface area (TPSA) is 103 Å². The maximum atomic E-state index is 4.63. The molecule has 0 bridgehead atoms. The van der Waals surface area contributed by atoms with Gasteiger partial charge in [-0.25, -0.2) is 19.9 Å². The molecule has 0 saturated carbocycles. The third kappa shape index (κ3) is 3.40. The van der Waals surface area contributed by atoms with Gasteiger partial charge in [-0.15, -0.1) is 0 Å². The van der Waals surface area contributed by atoms with Gasteiger partial charge in [0.2, 0.25) is 11.7 Å². The fourth-order valence-electron chi connectivity index (χ4n) is 3.97. The van der Waals surface area contributed by atoms with E-state index in [4.69, 9.17) is 0 Å². The van der Waals surface area contributed by atoms with Crippen LogP contribution in [0.4, 0.5) is 17.5 Å². The third-order valence-corrected chi connectivity index (χ3v) is 5.82. The lowest BCUT2D eigenvalue weighted by atomic mass is 10.1. The van der Waals surface area contributed by atoms with Crippen molar-refractivity contribution in [3.8, 4) is 11.1 Å². The molecule has 10 nitrogen and oxygen atoms in total. The Balaban J connectivity index is 1.22. The first-order chi connectivity index (χ1) is 15.7. The van der Waals surface area contributed by atoms with Gasteiger partial charge in [0.15, 0.2) is 0 Å². The van der Waals surface area contributed by atoms with Gasteiger partial charge in [-0.2, -0.15) is 4.98 Å². The Labute approximate surface area is 184 Å². The molecule has 0 spiro atoms. The number of H-pyrrole nitrogens is 1. The van der Waals surface area contributed by atoms with E-state index in [2.05, 4.69) is 52.1 Å². The first kappa shape index (κ1) is 18.7. The highest BCUT2D eigenvalue weighted by Gasteiger charge is 2.15. The van der Waals surface area contributed by atoms with Crippen LogP contribution >= 0.6 is 0 Å². The van der Waals surface area contributed by atoms with Gasteiger partial charge in [-0.3, -0.25) is 4.40 Å². The number of piperazine rings is 1. The molecule has 0 amide bonds. The second kappa shape index (κ2) is 7.57. The van der Waals surface area contributed by atoms with Gasteiger partial charge in [-0.1, -0.05) is 0 Å². The Morgan fingerprint density at radius 3 is 2.72 bits per heavy atom. The Morgan fingerprint density at radius 2 is 1.88 bits per heavy atom. The minimum Gasteiger partial charge on any atom is -0.354 e. The number of imidazole rings is 1. The molecule has 32 heavy (non-hydrogen) atoms. The van der Waals surface area contributed by atoms with E-state index in [1.54, 1.807) is 6.20 Å². The minimum atomic E-state index is 0.517. The van der Waals surface area contributed by atoms with Gasteiger partial charge < -0.3 is 20.1 Å². The molecule has 2 N–H and O–H groups in total. The highest BCUT2D eigenvalue weighted by Crippen LogP contribution is 2.28. The van der Waals surface area contributed by atoms with Crippen LogP contribution in [0.15, 0.2) is 55.5 Å². The van der Waals surface area contributed by atoms with Crippen molar-refractivity contribution in [2.75, 3.05) is 43.4 Å². The molecular weight excluding hydrogens is 404 g/mol. The van der Waals surface area contributed by atoms with Gasteiger partial charge in [-0.05, 0) is 19.2 Å². The molecule has 1 aliphatic heterocycles. The van der Waals surface area contributed by atoms with E-state index in [0.29, 0.717) is 11.7 Å².